The minimum atomic E-state index is -0.962. The lowest BCUT2D eigenvalue weighted by Crippen LogP contribution is -2.13. The maximum absolute atomic E-state index is 12.2. The molecule has 1 heterocycles. The molecule has 2 N–H and O–H groups in total. The number of benzene rings is 2. The highest BCUT2D eigenvalue weighted by molar-refractivity contribution is 5.93. The SMILES string of the molecule is O=C(CCc1ccc(C(=O)O)cc1)Nc1cccc2c1OCCCO2. The lowest BCUT2D eigenvalue weighted by atomic mass is 10.1. The molecule has 6 nitrogen and oxygen atoms in total. The van der Waals surface area contributed by atoms with E-state index in [9.17, 15) is 9.59 Å². The Morgan fingerprint density at radius 3 is 2.56 bits per heavy atom. The summed E-state index contributed by atoms with van der Waals surface area (Å²) in [5.41, 5.74) is 1.74. The van der Waals surface area contributed by atoms with Gasteiger partial charge in [-0.3, -0.25) is 4.79 Å². The molecule has 0 saturated heterocycles. The third-order valence-electron chi connectivity index (χ3n) is 3.89. The summed E-state index contributed by atoms with van der Waals surface area (Å²) in [6, 6.07) is 11.9. The Balaban J connectivity index is 1.60. The van der Waals surface area contributed by atoms with E-state index in [4.69, 9.17) is 14.6 Å². The van der Waals surface area contributed by atoms with Gasteiger partial charge < -0.3 is 19.9 Å². The largest absolute Gasteiger partial charge is 0.489 e. The molecule has 2 aromatic rings. The Morgan fingerprint density at radius 2 is 1.80 bits per heavy atom. The van der Waals surface area contributed by atoms with E-state index in [0.29, 0.717) is 36.8 Å². The van der Waals surface area contributed by atoms with Crippen LogP contribution in [0.3, 0.4) is 0 Å². The molecular formula is C19H19NO5. The van der Waals surface area contributed by atoms with Crippen LogP contribution < -0.4 is 14.8 Å². The van der Waals surface area contributed by atoms with Crippen molar-refractivity contribution in [1.29, 1.82) is 0 Å². The number of para-hydroxylation sites is 1. The predicted octanol–water partition coefficient (Wildman–Crippen LogP) is 3.12. The number of carbonyl (C=O) groups excluding carboxylic acids is 1. The number of carboxylic acid groups (broad SMARTS) is 1. The first-order valence-corrected chi connectivity index (χ1v) is 8.14. The summed E-state index contributed by atoms with van der Waals surface area (Å²) in [7, 11) is 0. The Labute approximate surface area is 145 Å². The lowest BCUT2D eigenvalue weighted by molar-refractivity contribution is -0.116. The second kappa shape index (κ2) is 7.70. The van der Waals surface area contributed by atoms with Crippen molar-refractivity contribution in [3.05, 3.63) is 53.6 Å². The molecule has 0 aliphatic carbocycles. The van der Waals surface area contributed by atoms with Gasteiger partial charge in [0.15, 0.2) is 11.5 Å². The molecule has 0 radical (unpaired) electrons. The van der Waals surface area contributed by atoms with Crippen LogP contribution in [0.2, 0.25) is 0 Å². The van der Waals surface area contributed by atoms with Crippen LogP contribution in [0.15, 0.2) is 42.5 Å². The molecule has 25 heavy (non-hydrogen) atoms. The van der Waals surface area contributed by atoms with Crippen molar-refractivity contribution >= 4 is 17.6 Å². The number of ether oxygens (including phenoxy) is 2. The van der Waals surface area contributed by atoms with Crippen LogP contribution >= 0.6 is 0 Å². The van der Waals surface area contributed by atoms with E-state index in [-0.39, 0.29) is 17.9 Å². The number of amides is 1. The van der Waals surface area contributed by atoms with Gasteiger partial charge in [-0.25, -0.2) is 4.79 Å². The van der Waals surface area contributed by atoms with Crippen molar-refractivity contribution in [1.82, 2.24) is 0 Å². The van der Waals surface area contributed by atoms with Gasteiger partial charge in [0.25, 0.3) is 0 Å². The fourth-order valence-corrected chi connectivity index (χ4v) is 2.58. The summed E-state index contributed by atoms with van der Waals surface area (Å²) in [5.74, 6) is 0.110. The van der Waals surface area contributed by atoms with Crippen LogP contribution in [-0.2, 0) is 11.2 Å². The molecule has 0 bridgehead atoms. The first kappa shape index (κ1) is 16.8. The van der Waals surface area contributed by atoms with Crippen LogP contribution in [0.5, 0.6) is 11.5 Å². The molecule has 0 atom stereocenters. The summed E-state index contributed by atoms with van der Waals surface area (Å²) in [4.78, 5) is 23.1. The van der Waals surface area contributed by atoms with E-state index in [2.05, 4.69) is 5.32 Å². The second-order valence-corrected chi connectivity index (χ2v) is 5.73. The predicted molar refractivity (Wildman–Crippen MR) is 92.4 cm³/mol. The highest BCUT2D eigenvalue weighted by Gasteiger charge is 2.16. The Morgan fingerprint density at radius 1 is 1.04 bits per heavy atom. The van der Waals surface area contributed by atoms with Crippen LogP contribution in [0.1, 0.15) is 28.8 Å². The Kier molecular flexibility index (Phi) is 5.18. The molecule has 1 aliphatic rings. The lowest BCUT2D eigenvalue weighted by Gasteiger charge is -2.13. The minimum Gasteiger partial charge on any atom is -0.489 e. The number of carboxylic acids is 1. The number of aromatic carboxylic acids is 1. The molecule has 0 fully saturated rings. The Bertz CT molecular complexity index is 770. The number of carbonyl (C=O) groups is 2. The fourth-order valence-electron chi connectivity index (χ4n) is 2.58. The van der Waals surface area contributed by atoms with E-state index in [1.54, 1.807) is 18.2 Å². The van der Waals surface area contributed by atoms with Gasteiger partial charge in [-0.1, -0.05) is 18.2 Å². The number of anilines is 1. The molecule has 130 valence electrons. The van der Waals surface area contributed by atoms with Gasteiger partial charge in [0.1, 0.15) is 0 Å². The van der Waals surface area contributed by atoms with Crippen molar-refractivity contribution in [2.24, 2.45) is 0 Å². The van der Waals surface area contributed by atoms with E-state index < -0.39 is 5.97 Å². The topological polar surface area (TPSA) is 84.9 Å². The second-order valence-electron chi connectivity index (χ2n) is 5.73. The fraction of sp³-hybridized carbons (Fsp3) is 0.263. The van der Waals surface area contributed by atoms with Gasteiger partial charge in [-0.05, 0) is 36.2 Å². The van der Waals surface area contributed by atoms with Crippen LogP contribution in [0.4, 0.5) is 5.69 Å². The van der Waals surface area contributed by atoms with Crippen LogP contribution in [0, 0.1) is 0 Å². The Hall–Kier alpha value is -3.02. The van der Waals surface area contributed by atoms with Gasteiger partial charge in [0.05, 0.1) is 24.5 Å². The number of hydrogen-bond acceptors (Lipinski definition) is 4. The zero-order chi connectivity index (χ0) is 17.6. The van der Waals surface area contributed by atoms with Crippen LogP contribution in [-0.4, -0.2) is 30.2 Å². The number of nitrogens with one attached hydrogen (secondary N) is 1. The number of hydrogen-bond donors (Lipinski definition) is 2. The van der Waals surface area contributed by atoms with E-state index in [1.165, 1.54) is 12.1 Å². The molecule has 0 unspecified atom stereocenters. The van der Waals surface area contributed by atoms with Gasteiger partial charge in [-0.15, -0.1) is 0 Å². The number of fused-ring (bicyclic) bond motifs is 1. The average molecular weight is 341 g/mol. The molecule has 1 aliphatic heterocycles. The zero-order valence-corrected chi connectivity index (χ0v) is 13.7. The maximum atomic E-state index is 12.2. The molecule has 2 aromatic carbocycles. The first-order valence-electron chi connectivity index (χ1n) is 8.14. The molecule has 3 rings (SSSR count). The van der Waals surface area contributed by atoms with E-state index in [1.807, 2.05) is 12.1 Å². The summed E-state index contributed by atoms with van der Waals surface area (Å²) < 4.78 is 11.3. The van der Waals surface area contributed by atoms with Crippen molar-refractivity contribution in [3.63, 3.8) is 0 Å². The van der Waals surface area contributed by atoms with Crippen molar-refractivity contribution in [2.45, 2.75) is 19.3 Å². The monoisotopic (exact) mass is 341 g/mol. The molecule has 0 saturated carbocycles. The van der Waals surface area contributed by atoms with Crippen LogP contribution in [0.25, 0.3) is 0 Å². The van der Waals surface area contributed by atoms with Crippen molar-refractivity contribution in [2.75, 3.05) is 18.5 Å². The normalized spacial score (nSPS) is 13.0. The summed E-state index contributed by atoms with van der Waals surface area (Å²) in [6.07, 6.45) is 1.61. The third kappa shape index (κ3) is 4.29. The standard InChI is InChI=1S/C19H19NO5/c21-17(10-7-13-5-8-14(9-6-13)19(22)23)20-15-3-1-4-16-18(15)25-12-2-11-24-16/h1,3-6,8-9H,2,7,10-12H2,(H,20,21)(H,22,23). The summed E-state index contributed by atoms with van der Waals surface area (Å²) >= 11 is 0. The first-order chi connectivity index (χ1) is 12.1. The van der Waals surface area contributed by atoms with E-state index >= 15 is 0 Å². The van der Waals surface area contributed by atoms with Gasteiger partial charge in [-0.2, -0.15) is 0 Å². The zero-order valence-electron chi connectivity index (χ0n) is 13.7. The van der Waals surface area contributed by atoms with Crippen molar-refractivity contribution in [3.8, 4) is 11.5 Å². The molecular weight excluding hydrogens is 322 g/mol. The number of aryl methyl sites for hydroxylation is 1. The van der Waals surface area contributed by atoms with Crippen molar-refractivity contribution < 1.29 is 24.2 Å². The highest BCUT2D eigenvalue weighted by Crippen LogP contribution is 2.36. The molecule has 1 amide bonds. The maximum Gasteiger partial charge on any atom is 0.335 e. The molecule has 0 spiro atoms. The smallest absolute Gasteiger partial charge is 0.335 e. The third-order valence-corrected chi connectivity index (χ3v) is 3.89. The average Bonchev–Trinajstić information content (AvgIpc) is 2.86. The summed E-state index contributed by atoms with van der Waals surface area (Å²) in [5, 5.41) is 11.7. The minimum absolute atomic E-state index is 0.136. The molecule has 0 aromatic heterocycles. The molecule has 6 heteroatoms. The van der Waals surface area contributed by atoms with E-state index in [0.717, 1.165) is 12.0 Å². The highest BCUT2D eigenvalue weighted by atomic mass is 16.5. The number of rotatable bonds is 5. The van der Waals surface area contributed by atoms with Gasteiger partial charge in [0.2, 0.25) is 5.91 Å². The quantitative estimate of drug-likeness (QED) is 0.873. The summed E-state index contributed by atoms with van der Waals surface area (Å²) in [6.45, 7) is 1.15. The van der Waals surface area contributed by atoms with Gasteiger partial charge >= 0.3 is 5.97 Å². The van der Waals surface area contributed by atoms with Gasteiger partial charge in [0, 0.05) is 12.8 Å².